The highest BCUT2D eigenvalue weighted by atomic mass is 35.5. The number of H-pyrrole nitrogens is 1. The molecule has 1 atom stereocenters. The van der Waals surface area contributed by atoms with Crippen LogP contribution in [0.1, 0.15) is 10.4 Å². The first-order valence-corrected chi connectivity index (χ1v) is 9.84. The normalized spacial score (nSPS) is 12.1. The molecule has 9 heteroatoms. The SMILES string of the molecule is NC[C@H](Cc1ccc(Cl)cc1Cl)NC(=O)Cc1ccc(-c2cnc(N)[nH]2)s1. The Hall–Kier alpha value is -2.06. The lowest BCUT2D eigenvalue weighted by Gasteiger charge is -2.17. The summed E-state index contributed by atoms with van der Waals surface area (Å²) in [6.45, 7) is 0.313. The van der Waals surface area contributed by atoms with Crippen molar-refractivity contribution in [3.8, 4) is 10.6 Å². The number of anilines is 1. The van der Waals surface area contributed by atoms with E-state index >= 15 is 0 Å². The Morgan fingerprint density at radius 2 is 2.11 bits per heavy atom. The van der Waals surface area contributed by atoms with E-state index in [0.29, 0.717) is 29.0 Å². The van der Waals surface area contributed by atoms with Crippen molar-refractivity contribution >= 4 is 46.4 Å². The van der Waals surface area contributed by atoms with Crippen LogP contribution < -0.4 is 16.8 Å². The molecule has 3 rings (SSSR count). The number of carbonyl (C=O) groups excluding carboxylic acids is 1. The number of nitrogens with zero attached hydrogens (tertiary/aromatic N) is 1. The van der Waals surface area contributed by atoms with Crippen molar-refractivity contribution < 1.29 is 4.79 Å². The number of thiophene rings is 1. The highest BCUT2D eigenvalue weighted by Gasteiger charge is 2.15. The van der Waals surface area contributed by atoms with Crippen LogP contribution in [-0.2, 0) is 17.6 Å². The summed E-state index contributed by atoms with van der Waals surface area (Å²) < 4.78 is 0. The average molecular weight is 424 g/mol. The van der Waals surface area contributed by atoms with Gasteiger partial charge in [-0.3, -0.25) is 4.79 Å². The molecule has 0 bridgehead atoms. The Morgan fingerprint density at radius 1 is 1.30 bits per heavy atom. The maximum Gasteiger partial charge on any atom is 0.225 e. The van der Waals surface area contributed by atoms with Crippen molar-refractivity contribution in [1.82, 2.24) is 15.3 Å². The molecule has 1 amide bonds. The van der Waals surface area contributed by atoms with Crippen LogP contribution in [0.5, 0.6) is 0 Å². The molecule has 6 nitrogen and oxygen atoms in total. The molecule has 0 saturated carbocycles. The van der Waals surface area contributed by atoms with E-state index in [4.69, 9.17) is 34.7 Å². The number of halogens is 2. The van der Waals surface area contributed by atoms with Crippen molar-refractivity contribution in [3.05, 3.63) is 57.0 Å². The van der Waals surface area contributed by atoms with Crippen LogP contribution in [0.2, 0.25) is 10.0 Å². The Kier molecular flexibility index (Phi) is 6.38. The lowest BCUT2D eigenvalue weighted by Crippen LogP contribution is -2.42. The molecule has 0 fully saturated rings. The van der Waals surface area contributed by atoms with Crippen molar-refractivity contribution in [1.29, 1.82) is 0 Å². The van der Waals surface area contributed by atoms with E-state index in [-0.39, 0.29) is 18.4 Å². The van der Waals surface area contributed by atoms with Gasteiger partial charge in [-0.1, -0.05) is 29.3 Å². The monoisotopic (exact) mass is 423 g/mol. The number of imidazole rings is 1. The minimum absolute atomic E-state index is 0.0898. The van der Waals surface area contributed by atoms with Crippen LogP contribution in [0.25, 0.3) is 10.6 Å². The summed E-state index contributed by atoms with van der Waals surface area (Å²) in [4.78, 5) is 21.3. The van der Waals surface area contributed by atoms with Gasteiger partial charge in [0.2, 0.25) is 5.91 Å². The highest BCUT2D eigenvalue weighted by Crippen LogP contribution is 2.27. The Balaban J connectivity index is 1.59. The molecule has 0 radical (unpaired) electrons. The molecule has 6 N–H and O–H groups in total. The number of benzene rings is 1. The Bertz CT molecular complexity index is 939. The molecule has 0 aliphatic heterocycles. The molecule has 0 spiro atoms. The third kappa shape index (κ3) is 5.23. The zero-order valence-electron chi connectivity index (χ0n) is 14.3. The molecule has 1 aromatic carbocycles. The van der Waals surface area contributed by atoms with Gasteiger partial charge in [-0.2, -0.15) is 0 Å². The molecule has 2 heterocycles. The van der Waals surface area contributed by atoms with Crippen LogP contribution in [0, 0.1) is 0 Å². The second kappa shape index (κ2) is 8.75. The molecule has 0 aliphatic carbocycles. The van der Waals surface area contributed by atoms with Gasteiger partial charge in [0.25, 0.3) is 0 Å². The minimum Gasteiger partial charge on any atom is -0.369 e. The molecule has 142 valence electrons. The van der Waals surface area contributed by atoms with Crippen LogP contribution >= 0.6 is 34.5 Å². The molecule has 2 aromatic heterocycles. The van der Waals surface area contributed by atoms with Crippen LogP contribution in [-0.4, -0.2) is 28.5 Å². The number of nitrogen functional groups attached to an aromatic ring is 1. The summed E-state index contributed by atoms with van der Waals surface area (Å²) in [7, 11) is 0. The highest BCUT2D eigenvalue weighted by molar-refractivity contribution is 7.15. The third-order valence-electron chi connectivity index (χ3n) is 3.99. The van der Waals surface area contributed by atoms with E-state index in [1.807, 2.05) is 18.2 Å². The van der Waals surface area contributed by atoms with Crippen molar-refractivity contribution in [2.24, 2.45) is 5.73 Å². The summed E-state index contributed by atoms with van der Waals surface area (Å²) in [6.07, 6.45) is 2.49. The topological polar surface area (TPSA) is 110 Å². The molecular weight excluding hydrogens is 405 g/mol. The standard InChI is InChI=1S/C18H19Cl2N5OS/c19-11-2-1-10(14(20)6-11)5-12(8-21)24-17(26)7-13-3-4-16(27-13)15-9-23-18(22)25-15/h1-4,6,9,12H,5,7-8,21H2,(H,24,26)(H3,22,23,25)/t12-/m0/s1. The fourth-order valence-electron chi connectivity index (χ4n) is 2.66. The van der Waals surface area contributed by atoms with Crippen LogP contribution in [0.4, 0.5) is 5.95 Å². The number of nitrogens with one attached hydrogen (secondary N) is 2. The van der Waals surface area contributed by atoms with Gasteiger partial charge in [0.1, 0.15) is 0 Å². The fraction of sp³-hybridized carbons (Fsp3) is 0.222. The van der Waals surface area contributed by atoms with Gasteiger partial charge in [0.15, 0.2) is 5.95 Å². The molecule has 3 aromatic rings. The maximum absolute atomic E-state index is 12.4. The van der Waals surface area contributed by atoms with E-state index in [2.05, 4.69) is 15.3 Å². The van der Waals surface area contributed by atoms with E-state index in [0.717, 1.165) is 21.0 Å². The number of amides is 1. The minimum atomic E-state index is -0.206. The Labute approximate surface area is 170 Å². The Morgan fingerprint density at radius 3 is 2.78 bits per heavy atom. The number of hydrogen-bond acceptors (Lipinski definition) is 5. The lowest BCUT2D eigenvalue weighted by molar-refractivity contribution is -0.121. The van der Waals surface area contributed by atoms with E-state index < -0.39 is 0 Å². The first-order chi connectivity index (χ1) is 12.9. The van der Waals surface area contributed by atoms with Crippen molar-refractivity contribution in [2.75, 3.05) is 12.3 Å². The molecular formula is C18H19Cl2N5OS. The van der Waals surface area contributed by atoms with Gasteiger partial charge in [-0.25, -0.2) is 4.98 Å². The van der Waals surface area contributed by atoms with E-state index in [1.165, 1.54) is 11.3 Å². The number of nitrogens with two attached hydrogens (primary N) is 2. The van der Waals surface area contributed by atoms with Gasteiger partial charge < -0.3 is 21.8 Å². The number of hydrogen-bond donors (Lipinski definition) is 4. The number of carbonyl (C=O) groups is 1. The summed E-state index contributed by atoms with van der Waals surface area (Å²) in [5, 5.41) is 4.11. The zero-order chi connectivity index (χ0) is 19.4. The van der Waals surface area contributed by atoms with Gasteiger partial charge in [-0.15, -0.1) is 11.3 Å². The van der Waals surface area contributed by atoms with E-state index in [9.17, 15) is 4.79 Å². The first-order valence-electron chi connectivity index (χ1n) is 8.27. The average Bonchev–Trinajstić information content (AvgIpc) is 3.25. The summed E-state index contributed by atoms with van der Waals surface area (Å²) >= 11 is 13.6. The predicted octanol–water partition coefficient (Wildman–Crippen LogP) is 3.26. The molecule has 0 saturated heterocycles. The smallest absolute Gasteiger partial charge is 0.225 e. The number of aromatic nitrogens is 2. The summed E-state index contributed by atoms with van der Waals surface area (Å²) in [5.74, 6) is 0.275. The molecule has 0 aliphatic rings. The second-order valence-corrected chi connectivity index (χ2v) is 8.08. The largest absolute Gasteiger partial charge is 0.369 e. The van der Waals surface area contributed by atoms with Crippen molar-refractivity contribution in [3.63, 3.8) is 0 Å². The summed E-state index contributed by atoms with van der Waals surface area (Å²) in [5.41, 5.74) is 13.2. The first kappa shape index (κ1) is 19.7. The second-order valence-electron chi connectivity index (χ2n) is 6.06. The number of aromatic amines is 1. The third-order valence-corrected chi connectivity index (χ3v) is 5.69. The predicted molar refractivity (Wildman–Crippen MR) is 111 cm³/mol. The van der Waals surface area contributed by atoms with E-state index in [1.54, 1.807) is 18.3 Å². The van der Waals surface area contributed by atoms with Crippen molar-refractivity contribution in [2.45, 2.75) is 18.9 Å². The number of rotatable bonds is 7. The zero-order valence-corrected chi connectivity index (χ0v) is 16.7. The maximum atomic E-state index is 12.4. The van der Waals surface area contributed by atoms with Crippen LogP contribution in [0.3, 0.4) is 0 Å². The lowest BCUT2D eigenvalue weighted by atomic mass is 10.1. The molecule has 27 heavy (non-hydrogen) atoms. The summed E-state index contributed by atoms with van der Waals surface area (Å²) in [6, 6.07) is 8.96. The fourth-order valence-corrected chi connectivity index (χ4v) is 4.12. The van der Waals surface area contributed by atoms with Gasteiger partial charge in [-0.05, 0) is 36.2 Å². The van der Waals surface area contributed by atoms with Crippen LogP contribution in [0.15, 0.2) is 36.5 Å². The van der Waals surface area contributed by atoms with Gasteiger partial charge >= 0.3 is 0 Å². The van der Waals surface area contributed by atoms with Gasteiger partial charge in [0, 0.05) is 27.5 Å². The molecule has 0 unspecified atom stereocenters. The van der Waals surface area contributed by atoms with Gasteiger partial charge in [0.05, 0.1) is 23.2 Å². The quantitative estimate of drug-likeness (QED) is 0.467.